The Morgan fingerprint density at radius 3 is 2.67 bits per heavy atom. The Labute approximate surface area is 91.5 Å². The number of rotatable bonds is 0. The average Bonchev–Trinajstić information content (AvgIpc) is 2.15. The maximum atomic E-state index is 11.9. The number of hydrogen-bond acceptors (Lipinski definition) is 1. The first-order valence-electron chi connectivity index (χ1n) is 5.57. The minimum absolute atomic E-state index is 0.120. The van der Waals surface area contributed by atoms with Crippen LogP contribution in [0.25, 0.3) is 0 Å². The van der Waals surface area contributed by atoms with Gasteiger partial charge in [0, 0.05) is 12.0 Å². The lowest BCUT2D eigenvalue weighted by atomic mass is 9.65. The van der Waals surface area contributed by atoms with Gasteiger partial charge in [-0.2, -0.15) is 0 Å². The van der Waals surface area contributed by atoms with E-state index in [0.717, 1.165) is 5.56 Å². The second-order valence-electron chi connectivity index (χ2n) is 5.30. The summed E-state index contributed by atoms with van der Waals surface area (Å²) in [6.45, 7) is 8.73. The SMILES string of the molecule is Cc1ccc2c(c1)C(C)(C)C(C)CC2=O. The summed E-state index contributed by atoms with van der Waals surface area (Å²) in [7, 11) is 0. The van der Waals surface area contributed by atoms with E-state index in [2.05, 4.69) is 33.8 Å². The zero-order valence-electron chi connectivity index (χ0n) is 9.92. The van der Waals surface area contributed by atoms with Gasteiger partial charge < -0.3 is 0 Å². The molecule has 1 aromatic rings. The molecule has 0 spiro atoms. The molecule has 0 radical (unpaired) electrons. The Bertz CT molecular complexity index is 415. The van der Waals surface area contributed by atoms with Gasteiger partial charge in [0.05, 0.1) is 0 Å². The van der Waals surface area contributed by atoms with Crippen molar-refractivity contribution < 1.29 is 4.79 Å². The first-order chi connectivity index (χ1) is 6.93. The second-order valence-corrected chi connectivity index (χ2v) is 5.30. The van der Waals surface area contributed by atoms with E-state index >= 15 is 0 Å². The number of aryl methyl sites for hydroxylation is 1. The van der Waals surface area contributed by atoms with Crippen LogP contribution in [-0.4, -0.2) is 5.78 Å². The van der Waals surface area contributed by atoms with Gasteiger partial charge in [-0.25, -0.2) is 0 Å². The fraction of sp³-hybridized carbons (Fsp3) is 0.500. The molecule has 1 unspecified atom stereocenters. The topological polar surface area (TPSA) is 17.1 Å². The summed E-state index contributed by atoms with van der Waals surface area (Å²) in [6.07, 6.45) is 0.684. The molecule has 0 saturated heterocycles. The Morgan fingerprint density at radius 2 is 2.00 bits per heavy atom. The number of carbonyl (C=O) groups is 1. The number of carbonyl (C=O) groups excluding carboxylic acids is 1. The number of fused-ring (bicyclic) bond motifs is 1. The Hall–Kier alpha value is -1.11. The van der Waals surface area contributed by atoms with Crippen molar-refractivity contribution >= 4 is 5.78 Å². The normalized spacial score (nSPS) is 23.7. The molecule has 80 valence electrons. The highest BCUT2D eigenvalue weighted by Crippen LogP contribution is 2.41. The minimum Gasteiger partial charge on any atom is -0.294 e. The third-order valence-corrected chi connectivity index (χ3v) is 3.89. The highest BCUT2D eigenvalue weighted by atomic mass is 16.1. The molecule has 1 aromatic carbocycles. The number of benzene rings is 1. The van der Waals surface area contributed by atoms with Crippen molar-refractivity contribution in [3.05, 3.63) is 34.9 Å². The van der Waals surface area contributed by atoms with E-state index in [1.807, 2.05) is 12.1 Å². The summed E-state index contributed by atoms with van der Waals surface area (Å²) in [5.41, 5.74) is 3.52. The van der Waals surface area contributed by atoms with Gasteiger partial charge in [0.1, 0.15) is 0 Å². The molecule has 0 aromatic heterocycles. The van der Waals surface area contributed by atoms with Crippen LogP contribution < -0.4 is 0 Å². The largest absolute Gasteiger partial charge is 0.294 e. The summed E-state index contributed by atoms with van der Waals surface area (Å²) in [4.78, 5) is 11.9. The van der Waals surface area contributed by atoms with E-state index in [-0.39, 0.29) is 5.41 Å². The summed E-state index contributed by atoms with van der Waals surface area (Å²) < 4.78 is 0. The van der Waals surface area contributed by atoms with Crippen molar-refractivity contribution in [2.24, 2.45) is 5.92 Å². The predicted molar refractivity (Wildman–Crippen MR) is 62.3 cm³/mol. The van der Waals surface area contributed by atoms with Crippen LogP contribution in [0.5, 0.6) is 0 Å². The van der Waals surface area contributed by atoms with Crippen molar-refractivity contribution in [3.8, 4) is 0 Å². The van der Waals surface area contributed by atoms with E-state index in [0.29, 0.717) is 18.1 Å². The van der Waals surface area contributed by atoms with Gasteiger partial charge in [0.2, 0.25) is 0 Å². The third kappa shape index (κ3) is 1.50. The van der Waals surface area contributed by atoms with E-state index in [1.54, 1.807) is 0 Å². The summed E-state index contributed by atoms with van der Waals surface area (Å²) in [5.74, 6) is 0.733. The molecule has 2 rings (SSSR count). The van der Waals surface area contributed by atoms with Crippen LogP contribution in [0.3, 0.4) is 0 Å². The summed E-state index contributed by atoms with van der Waals surface area (Å²) in [6, 6.07) is 6.19. The minimum atomic E-state index is 0.120. The molecule has 1 aliphatic carbocycles. The van der Waals surface area contributed by atoms with E-state index < -0.39 is 0 Å². The standard InChI is InChI=1S/C14H18O/c1-9-5-6-11-12(7-9)14(3,4)10(2)8-13(11)15/h5-7,10H,8H2,1-4H3. The van der Waals surface area contributed by atoms with Crippen molar-refractivity contribution in [3.63, 3.8) is 0 Å². The molecule has 1 nitrogen and oxygen atoms in total. The Kier molecular flexibility index (Phi) is 2.22. The van der Waals surface area contributed by atoms with Gasteiger partial charge in [-0.3, -0.25) is 4.79 Å². The van der Waals surface area contributed by atoms with Gasteiger partial charge in [-0.15, -0.1) is 0 Å². The second kappa shape index (κ2) is 3.19. The molecule has 0 heterocycles. The molecule has 1 aliphatic rings. The number of Topliss-reactive ketones (excluding diaryl/α,β-unsaturated/α-hetero) is 1. The first-order valence-corrected chi connectivity index (χ1v) is 5.57. The van der Waals surface area contributed by atoms with E-state index in [4.69, 9.17) is 0 Å². The smallest absolute Gasteiger partial charge is 0.163 e. The lowest BCUT2D eigenvalue weighted by Gasteiger charge is -2.38. The van der Waals surface area contributed by atoms with Crippen LogP contribution >= 0.6 is 0 Å². The van der Waals surface area contributed by atoms with Crippen LogP contribution in [0, 0.1) is 12.8 Å². The van der Waals surface area contributed by atoms with Crippen molar-refractivity contribution in [1.29, 1.82) is 0 Å². The molecule has 15 heavy (non-hydrogen) atoms. The molecule has 1 atom stereocenters. The molecule has 1 heteroatoms. The van der Waals surface area contributed by atoms with Gasteiger partial charge in [-0.1, -0.05) is 44.5 Å². The molecule has 0 N–H and O–H groups in total. The van der Waals surface area contributed by atoms with Crippen LogP contribution in [-0.2, 0) is 5.41 Å². The van der Waals surface area contributed by atoms with Gasteiger partial charge in [-0.05, 0) is 23.8 Å². The van der Waals surface area contributed by atoms with Crippen LogP contribution in [0.4, 0.5) is 0 Å². The monoisotopic (exact) mass is 202 g/mol. The lowest BCUT2D eigenvalue weighted by Crippen LogP contribution is -2.35. The Morgan fingerprint density at radius 1 is 1.33 bits per heavy atom. The molecule has 0 amide bonds. The molecular formula is C14H18O. The molecule has 0 bridgehead atoms. The van der Waals surface area contributed by atoms with Crippen LogP contribution in [0.15, 0.2) is 18.2 Å². The first kappa shape index (κ1) is 10.4. The highest BCUT2D eigenvalue weighted by Gasteiger charge is 2.37. The van der Waals surface area contributed by atoms with Gasteiger partial charge in [0.15, 0.2) is 5.78 Å². The maximum absolute atomic E-state index is 11.9. The fourth-order valence-corrected chi connectivity index (χ4v) is 2.34. The zero-order valence-corrected chi connectivity index (χ0v) is 9.92. The molecule has 0 aliphatic heterocycles. The molecule has 0 fully saturated rings. The van der Waals surface area contributed by atoms with Crippen LogP contribution in [0.1, 0.15) is 48.7 Å². The fourth-order valence-electron chi connectivity index (χ4n) is 2.34. The number of hydrogen-bond donors (Lipinski definition) is 0. The van der Waals surface area contributed by atoms with Crippen molar-refractivity contribution in [2.45, 2.75) is 39.5 Å². The quantitative estimate of drug-likeness (QED) is 0.629. The average molecular weight is 202 g/mol. The third-order valence-electron chi connectivity index (χ3n) is 3.89. The Balaban J connectivity index is 2.66. The van der Waals surface area contributed by atoms with Crippen LogP contribution in [0.2, 0.25) is 0 Å². The van der Waals surface area contributed by atoms with Gasteiger partial charge >= 0.3 is 0 Å². The van der Waals surface area contributed by atoms with E-state index in [1.165, 1.54) is 11.1 Å². The van der Waals surface area contributed by atoms with E-state index in [9.17, 15) is 4.79 Å². The van der Waals surface area contributed by atoms with Crippen molar-refractivity contribution in [2.75, 3.05) is 0 Å². The summed E-state index contributed by atoms with van der Waals surface area (Å²) in [5, 5.41) is 0. The predicted octanol–water partition coefficient (Wildman–Crippen LogP) is 3.50. The van der Waals surface area contributed by atoms with Gasteiger partial charge in [0.25, 0.3) is 0 Å². The zero-order chi connectivity index (χ0) is 11.2. The highest BCUT2D eigenvalue weighted by molar-refractivity contribution is 5.99. The van der Waals surface area contributed by atoms with Crippen molar-refractivity contribution in [1.82, 2.24) is 0 Å². The number of ketones is 1. The molecule has 0 saturated carbocycles. The summed E-state index contributed by atoms with van der Waals surface area (Å²) >= 11 is 0. The maximum Gasteiger partial charge on any atom is 0.163 e. The molecular weight excluding hydrogens is 184 g/mol. The lowest BCUT2D eigenvalue weighted by molar-refractivity contribution is 0.0920.